The van der Waals surface area contributed by atoms with E-state index in [1.54, 1.807) is 27.7 Å². The molecule has 1 amide bonds. The van der Waals surface area contributed by atoms with Gasteiger partial charge in [-0.05, 0) is 31.9 Å². The first-order chi connectivity index (χ1) is 19.3. The van der Waals surface area contributed by atoms with Gasteiger partial charge in [0.2, 0.25) is 5.91 Å². The molecule has 3 fully saturated rings. The van der Waals surface area contributed by atoms with Crippen LogP contribution in [0.15, 0.2) is 11.1 Å². The molecule has 0 aromatic heterocycles. The van der Waals surface area contributed by atoms with Crippen molar-refractivity contribution in [3.05, 3.63) is 11.1 Å². The number of fused-ring (bicyclic) bond motifs is 5. The second-order valence-corrected chi connectivity index (χ2v) is 13.0. The summed E-state index contributed by atoms with van der Waals surface area (Å²) < 4.78 is 22.4. The van der Waals surface area contributed by atoms with E-state index in [-0.39, 0.29) is 113 Å². The fraction of sp³-hybridized carbons (Fsp3) is 0.793. The van der Waals surface area contributed by atoms with Crippen molar-refractivity contribution in [2.24, 2.45) is 16.7 Å². The predicted octanol–water partition coefficient (Wildman–Crippen LogP) is -0.692. The maximum Gasteiger partial charge on any atom is 0.337 e. The fourth-order valence-electron chi connectivity index (χ4n) is 7.91. The van der Waals surface area contributed by atoms with Crippen molar-refractivity contribution >= 4 is 23.6 Å². The van der Waals surface area contributed by atoms with Crippen LogP contribution < -0.4 is 5.32 Å². The van der Waals surface area contributed by atoms with Gasteiger partial charge in [-0.25, -0.2) is 4.79 Å². The van der Waals surface area contributed by atoms with E-state index in [4.69, 9.17) is 18.9 Å². The minimum Gasteiger partial charge on any atom is -0.459 e. The van der Waals surface area contributed by atoms with E-state index in [1.807, 2.05) is 0 Å². The normalized spacial score (nSPS) is 40.1. The van der Waals surface area contributed by atoms with Crippen LogP contribution in [-0.2, 0) is 38.1 Å². The molecule has 13 nitrogen and oxygen atoms in total. The zero-order chi connectivity index (χ0) is 31.7. The number of ketones is 1. The zero-order valence-corrected chi connectivity index (χ0v) is 35.9. The maximum atomic E-state index is 14.2. The van der Waals surface area contributed by atoms with Gasteiger partial charge in [0.25, 0.3) is 0 Å². The van der Waals surface area contributed by atoms with Crippen LogP contribution in [0.1, 0.15) is 61.3 Å². The number of hydrogen-bond acceptors (Lipinski definition) is 12. The second-order valence-electron chi connectivity index (χ2n) is 13.0. The zero-order valence-electron chi connectivity index (χ0n) is 26.4. The molecule has 44 heavy (non-hydrogen) atoms. The number of hydrogen-bond donors (Lipinski definition) is 5. The van der Waals surface area contributed by atoms with Gasteiger partial charge in [-0.1, -0.05) is 13.8 Å². The van der Waals surface area contributed by atoms with Crippen LogP contribution in [-0.4, -0.2) is 112 Å². The largest absolute Gasteiger partial charge is 0.459 e. The van der Waals surface area contributed by atoms with Crippen LogP contribution in [0.4, 0.5) is 0 Å². The van der Waals surface area contributed by atoms with Gasteiger partial charge in [0.15, 0.2) is 11.9 Å². The number of methoxy groups -OCH3 is 1. The second kappa shape index (κ2) is 14.1. The van der Waals surface area contributed by atoms with Gasteiger partial charge < -0.3 is 44.7 Å². The maximum absolute atomic E-state index is 14.2. The predicted molar refractivity (Wildman–Crippen MR) is 143 cm³/mol. The summed E-state index contributed by atoms with van der Waals surface area (Å²) >= 11 is 0. The average Bonchev–Trinajstić information content (AvgIpc) is 2.86. The number of amides is 1. The van der Waals surface area contributed by atoms with Crippen molar-refractivity contribution in [2.75, 3.05) is 13.7 Å². The molecule has 5 N–H and O–H groups in total. The number of Topliss-reactive ketones (excluding diaryl/α,β-unsaturated/α-hetero) is 1. The quantitative estimate of drug-likeness (QED) is 0.166. The molecule has 1 aliphatic heterocycles. The molecule has 0 aromatic rings. The van der Waals surface area contributed by atoms with E-state index in [0.717, 1.165) is 6.92 Å². The number of esters is 2. The molecule has 15 heteroatoms. The van der Waals surface area contributed by atoms with Crippen molar-refractivity contribution in [3.8, 4) is 0 Å². The number of aliphatic hydroxyl groups excluding tert-OH is 2. The van der Waals surface area contributed by atoms with E-state index in [0.29, 0.717) is 5.57 Å². The number of nitrogens with one attached hydrogen (secondary N) is 1. The summed E-state index contributed by atoms with van der Waals surface area (Å²) in [4.78, 5) is 51.7. The number of carbonyl (C=O) groups excluding carboxylic acids is 4. The van der Waals surface area contributed by atoms with Gasteiger partial charge in [0.05, 0.1) is 30.3 Å². The summed E-state index contributed by atoms with van der Waals surface area (Å²) in [6.07, 6.45) is -8.71. The monoisotopic (exact) mass is 1050 g/mol. The summed E-state index contributed by atoms with van der Waals surface area (Å²) in [6, 6.07) is -0.781. The first kappa shape index (κ1) is 40.6. The van der Waals surface area contributed by atoms with Crippen LogP contribution >= 0.6 is 0 Å². The molecule has 1 heterocycles. The minimum absolute atomic E-state index is 0. The van der Waals surface area contributed by atoms with E-state index in [1.165, 1.54) is 21.0 Å². The Kier molecular flexibility index (Phi) is 13.1. The van der Waals surface area contributed by atoms with E-state index in [2.05, 4.69) is 5.32 Å². The summed E-state index contributed by atoms with van der Waals surface area (Å²) in [5, 5.41) is 50.1. The van der Waals surface area contributed by atoms with Gasteiger partial charge in [-0.3, -0.25) is 14.4 Å². The van der Waals surface area contributed by atoms with Crippen LogP contribution in [0.25, 0.3) is 0 Å². The third-order valence-electron chi connectivity index (χ3n) is 10.3. The molecule has 3 aliphatic carbocycles. The van der Waals surface area contributed by atoms with Gasteiger partial charge in [-0.15, -0.1) is 0 Å². The topological polar surface area (TPSA) is 198 Å². The molecule has 242 valence electrons. The number of rotatable bonds is 6. The van der Waals surface area contributed by atoms with Gasteiger partial charge in [0.1, 0.15) is 29.5 Å². The summed E-state index contributed by atoms with van der Waals surface area (Å²) in [7, 11) is 1.27. The number of ether oxygens (including phenoxy) is 4. The molecule has 4 aliphatic rings. The van der Waals surface area contributed by atoms with Crippen molar-refractivity contribution in [3.63, 3.8) is 0 Å². The Hall–Kier alpha value is 0.463. The summed E-state index contributed by atoms with van der Waals surface area (Å²) in [6.45, 7) is 9.82. The van der Waals surface area contributed by atoms with E-state index < -0.39 is 94.2 Å². The Balaban J connectivity index is 0.00000337. The number of aliphatic hydroxyl groups is 4. The van der Waals surface area contributed by atoms with Crippen LogP contribution in [0.3, 0.4) is 0 Å². The van der Waals surface area contributed by atoms with Crippen LogP contribution in [0.2, 0.25) is 0 Å². The average molecular weight is 1050 g/mol. The SMILES string of the molecule is CO[C@@H](C(=O)O[C@H]1C[C@@]2(O)[C@@H](OC(C)=O)[C@@H]3[C@]4(O)COC4CC(O)[C@@]3(C)C(=O)[C@H](O)C(=C1C)C2(C)C)[C@H](C)NC(C)=O.[Ac].[Ac]. The molecule has 4 rings (SSSR count). The molecule has 2 bridgehead atoms. The Morgan fingerprint density at radius 3 is 2.14 bits per heavy atom. The van der Waals surface area contributed by atoms with Crippen molar-refractivity contribution < 1.29 is 147 Å². The van der Waals surface area contributed by atoms with Gasteiger partial charge in [-0.2, -0.15) is 0 Å². The molecular weight excluding hydrogens is 1010 g/mol. The van der Waals surface area contributed by atoms with Crippen LogP contribution in [0, 0.1) is 105 Å². The van der Waals surface area contributed by atoms with Gasteiger partial charge >= 0.3 is 11.9 Å². The molecule has 0 aromatic carbocycles. The van der Waals surface area contributed by atoms with E-state index >= 15 is 0 Å². The Bertz CT molecular complexity index is 1210. The van der Waals surface area contributed by atoms with Crippen molar-refractivity contribution in [1.29, 1.82) is 0 Å². The molecule has 0 spiro atoms. The summed E-state index contributed by atoms with van der Waals surface area (Å²) in [5.74, 6) is -4.32. The third kappa shape index (κ3) is 6.21. The molecule has 2 unspecified atom stereocenters. The smallest absolute Gasteiger partial charge is 0.337 e. The Morgan fingerprint density at radius 2 is 1.66 bits per heavy atom. The Labute approximate surface area is 328 Å². The molecule has 11 atom stereocenters. The standard InChI is InChI=1S/C29H43NO12.2Ac/c1-12-16(42-25(36)21(39-8)13(2)30-14(3)31)10-29(38)24(41-15(4)32)22-27(7,17(33)9-18-28(22,37)11-40-18)23(35)20(34)19(12)26(29,5)6;;/h13,16-18,20-22,24,33-34,37-38H,9-11H2,1-8H3,(H,30,31);;/t13-,16-,17?,18?,20+,21+,22-,24-,27+,28-,29+;;/m0../s1. The number of carbonyl (C=O) groups is 4. The minimum atomic E-state index is -2.13. The first-order valence-corrected chi connectivity index (χ1v) is 14.1. The molecule has 2 saturated carbocycles. The Morgan fingerprint density at radius 1 is 1.07 bits per heavy atom. The first-order valence-electron chi connectivity index (χ1n) is 14.1. The van der Waals surface area contributed by atoms with Crippen molar-refractivity contribution in [1.82, 2.24) is 5.32 Å². The molecule has 2 radical (unpaired) electrons. The van der Waals surface area contributed by atoms with Gasteiger partial charge in [0, 0.05) is 133 Å². The third-order valence-corrected chi connectivity index (χ3v) is 10.3. The van der Waals surface area contributed by atoms with E-state index in [9.17, 15) is 39.6 Å². The molecular formula is C29H43Ac2NO12. The molecule has 1 saturated heterocycles. The fourth-order valence-corrected chi connectivity index (χ4v) is 7.91. The van der Waals surface area contributed by atoms with Crippen LogP contribution in [0.5, 0.6) is 0 Å². The van der Waals surface area contributed by atoms with Crippen molar-refractivity contribution in [2.45, 2.75) is 115 Å². The summed E-state index contributed by atoms with van der Waals surface area (Å²) in [5.41, 5.74) is -6.90.